The van der Waals surface area contributed by atoms with Crippen molar-refractivity contribution in [3.05, 3.63) is 33.0 Å². The quantitative estimate of drug-likeness (QED) is 0.808. The molecule has 1 aliphatic carbocycles. The third-order valence-corrected chi connectivity index (χ3v) is 8.07. The number of hydrogen-bond acceptors (Lipinski definition) is 6. The Morgan fingerprint density at radius 2 is 2.04 bits per heavy atom. The molecule has 1 saturated carbocycles. The highest BCUT2D eigenvalue weighted by molar-refractivity contribution is 7.10. The zero-order valence-electron chi connectivity index (χ0n) is 16.1. The van der Waals surface area contributed by atoms with Crippen molar-refractivity contribution in [2.75, 3.05) is 19.6 Å². The number of rotatable bonds is 5. The van der Waals surface area contributed by atoms with Crippen LogP contribution in [0.1, 0.15) is 58.8 Å². The van der Waals surface area contributed by atoms with Crippen LogP contribution in [0.25, 0.3) is 0 Å². The number of aromatic nitrogens is 2. The predicted octanol–water partition coefficient (Wildman–Crippen LogP) is 3.39. The summed E-state index contributed by atoms with van der Waals surface area (Å²) in [6.07, 6.45) is 5.99. The van der Waals surface area contributed by atoms with Crippen molar-refractivity contribution in [1.82, 2.24) is 19.8 Å². The number of thiophene rings is 1. The van der Waals surface area contributed by atoms with E-state index in [1.54, 1.807) is 11.3 Å². The normalized spacial score (nSPS) is 19.7. The van der Waals surface area contributed by atoms with E-state index in [1.165, 1.54) is 16.4 Å². The van der Waals surface area contributed by atoms with Crippen LogP contribution in [-0.4, -0.2) is 45.9 Å². The Morgan fingerprint density at radius 1 is 1.29 bits per heavy atom. The maximum absolute atomic E-state index is 13.1. The van der Waals surface area contributed by atoms with E-state index in [0.29, 0.717) is 23.0 Å². The molecule has 0 bridgehead atoms. The molecule has 2 aromatic heterocycles. The van der Waals surface area contributed by atoms with Crippen molar-refractivity contribution >= 4 is 34.7 Å². The van der Waals surface area contributed by atoms with Gasteiger partial charge in [0, 0.05) is 24.5 Å². The molecule has 2 fully saturated rings. The van der Waals surface area contributed by atoms with E-state index >= 15 is 0 Å². The topological polar surface area (TPSA) is 75.2 Å². The van der Waals surface area contributed by atoms with E-state index in [-0.39, 0.29) is 17.2 Å². The van der Waals surface area contributed by atoms with E-state index < -0.39 is 0 Å². The van der Waals surface area contributed by atoms with Crippen LogP contribution in [0.4, 0.5) is 0 Å². The van der Waals surface area contributed by atoms with Gasteiger partial charge in [-0.15, -0.1) is 16.4 Å². The summed E-state index contributed by atoms with van der Waals surface area (Å²) in [5.41, 5.74) is 0.390. The second-order valence-corrected chi connectivity index (χ2v) is 9.60. The van der Waals surface area contributed by atoms with Gasteiger partial charge in [0.15, 0.2) is 0 Å². The summed E-state index contributed by atoms with van der Waals surface area (Å²) in [6, 6.07) is 4.15. The fraction of sp³-hybridized carbons (Fsp3) is 0.600. The summed E-state index contributed by atoms with van der Waals surface area (Å²) >= 11 is 2.87. The number of piperidine rings is 1. The first-order valence-electron chi connectivity index (χ1n) is 10.0. The van der Waals surface area contributed by atoms with E-state index in [1.807, 2.05) is 17.9 Å². The van der Waals surface area contributed by atoms with Gasteiger partial charge in [0.05, 0.1) is 11.1 Å². The van der Waals surface area contributed by atoms with Crippen LogP contribution >= 0.6 is 22.9 Å². The molecule has 0 spiro atoms. The molecular weight excluding hydrogens is 392 g/mol. The second-order valence-electron chi connectivity index (χ2n) is 7.90. The van der Waals surface area contributed by atoms with Gasteiger partial charge in [0.2, 0.25) is 5.91 Å². The predicted molar refractivity (Wildman–Crippen MR) is 111 cm³/mol. The molecule has 1 aliphatic heterocycles. The molecule has 0 aromatic carbocycles. The molecule has 6 nitrogen and oxygen atoms in total. The lowest BCUT2D eigenvalue weighted by Crippen LogP contribution is -2.46. The van der Waals surface area contributed by atoms with Gasteiger partial charge >= 0.3 is 0 Å². The molecule has 1 N–H and O–H groups in total. The number of amides is 2. The average Bonchev–Trinajstić information content (AvgIpc) is 3.47. The van der Waals surface area contributed by atoms with Crippen molar-refractivity contribution < 1.29 is 9.59 Å². The van der Waals surface area contributed by atoms with Crippen LogP contribution in [0.2, 0.25) is 0 Å². The van der Waals surface area contributed by atoms with Gasteiger partial charge in [-0.2, -0.15) is 0 Å². The van der Waals surface area contributed by atoms with Gasteiger partial charge in [-0.1, -0.05) is 23.4 Å². The summed E-state index contributed by atoms with van der Waals surface area (Å²) in [4.78, 5) is 29.4. The summed E-state index contributed by atoms with van der Waals surface area (Å²) in [6.45, 7) is 3.99. The fourth-order valence-corrected chi connectivity index (χ4v) is 6.04. The molecule has 1 saturated heterocycles. The maximum atomic E-state index is 13.1. The Hall–Kier alpha value is -1.80. The highest BCUT2D eigenvalue weighted by Gasteiger charge is 2.43. The number of aryl methyl sites for hydroxylation is 1. The Morgan fingerprint density at radius 3 is 2.64 bits per heavy atom. The van der Waals surface area contributed by atoms with Gasteiger partial charge < -0.3 is 10.2 Å². The first kappa shape index (κ1) is 19.5. The van der Waals surface area contributed by atoms with Crippen LogP contribution in [0, 0.1) is 12.8 Å². The van der Waals surface area contributed by atoms with Crippen LogP contribution < -0.4 is 5.32 Å². The number of nitrogens with one attached hydrogen (secondary N) is 1. The third kappa shape index (κ3) is 3.72. The summed E-state index contributed by atoms with van der Waals surface area (Å²) < 4.78 is 3.86. The molecule has 28 heavy (non-hydrogen) atoms. The molecule has 3 heterocycles. The maximum Gasteiger partial charge on any atom is 0.267 e. The zero-order chi connectivity index (χ0) is 19.6. The monoisotopic (exact) mass is 418 g/mol. The van der Waals surface area contributed by atoms with Gasteiger partial charge in [-0.25, -0.2) is 0 Å². The molecule has 8 heteroatoms. The lowest BCUT2D eigenvalue weighted by atomic mass is 9.83. The Labute approximate surface area is 173 Å². The van der Waals surface area contributed by atoms with Crippen LogP contribution in [0.15, 0.2) is 17.5 Å². The third-order valence-electron chi connectivity index (χ3n) is 6.18. The SMILES string of the molecule is Cc1nnsc1C(=O)N1CCC(CNC(=O)C2(c3cccs3)CCCC2)CC1. The fourth-order valence-electron chi connectivity index (χ4n) is 4.43. The number of carbonyl (C=O) groups excluding carboxylic acids is 2. The van der Waals surface area contributed by atoms with Crippen molar-refractivity contribution in [3.8, 4) is 0 Å². The number of likely N-dealkylation sites (tertiary alicyclic amines) is 1. The largest absolute Gasteiger partial charge is 0.355 e. The zero-order valence-corrected chi connectivity index (χ0v) is 17.8. The van der Waals surface area contributed by atoms with Gasteiger partial charge in [0.25, 0.3) is 5.91 Å². The number of hydrogen-bond donors (Lipinski definition) is 1. The summed E-state index contributed by atoms with van der Waals surface area (Å²) in [5, 5.41) is 9.25. The standard InChI is InChI=1S/C20H26N4O2S2/c1-14-17(28-23-22-14)18(25)24-10-6-15(7-11-24)13-21-19(26)20(8-2-3-9-20)16-5-4-12-27-16/h4-5,12,15H,2-3,6-11,13H2,1H3,(H,21,26). The first-order chi connectivity index (χ1) is 13.6. The molecule has 0 radical (unpaired) electrons. The van der Waals surface area contributed by atoms with Crippen LogP contribution in [0.5, 0.6) is 0 Å². The van der Waals surface area contributed by atoms with Crippen molar-refractivity contribution in [2.45, 2.75) is 50.9 Å². The molecule has 2 aromatic rings. The smallest absolute Gasteiger partial charge is 0.267 e. The summed E-state index contributed by atoms with van der Waals surface area (Å²) in [7, 11) is 0. The molecule has 0 unspecified atom stereocenters. The minimum atomic E-state index is -0.318. The van der Waals surface area contributed by atoms with Gasteiger partial charge in [0.1, 0.15) is 4.88 Å². The Kier molecular flexibility index (Phi) is 5.78. The second kappa shape index (κ2) is 8.29. The first-order valence-corrected chi connectivity index (χ1v) is 11.7. The van der Waals surface area contributed by atoms with Gasteiger partial charge in [-0.05, 0) is 61.5 Å². The highest BCUT2D eigenvalue weighted by Crippen LogP contribution is 2.43. The van der Waals surface area contributed by atoms with Crippen LogP contribution in [0.3, 0.4) is 0 Å². The Balaban J connectivity index is 1.30. The molecule has 2 amide bonds. The van der Waals surface area contributed by atoms with Gasteiger partial charge in [-0.3, -0.25) is 9.59 Å². The molecule has 150 valence electrons. The van der Waals surface area contributed by atoms with Crippen molar-refractivity contribution in [2.24, 2.45) is 5.92 Å². The van der Waals surface area contributed by atoms with E-state index in [9.17, 15) is 9.59 Å². The molecule has 0 atom stereocenters. The highest BCUT2D eigenvalue weighted by atomic mass is 32.1. The lowest BCUT2D eigenvalue weighted by molar-refractivity contribution is -0.126. The Bertz CT molecular complexity index is 819. The molecule has 4 rings (SSSR count). The number of carbonyl (C=O) groups is 2. The van der Waals surface area contributed by atoms with Crippen molar-refractivity contribution in [1.29, 1.82) is 0 Å². The minimum Gasteiger partial charge on any atom is -0.355 e. The minimum absolute atomic E-state index is 0.0394. The average molecular weight is 419 g/mol. The van der Waals surface area contributed by atoms with Crippen LogP contribution in [-0.2, 0) is 10.2 Å². The van der Waals surface area contributed by atoms with Crippen molar-refractivity contribution in [3.63, 3.8) is 0 Å². The number of nitrogens with zero attached hydrogens (tertiary/aromatic N) is 3. The summed E-state index contributed by atoms with van der Waals surface area (Å²) in [5.74, 6) is 0.658. The van der Waals surface area contributed by atoms with E-state index in [4.69, 9.17) is 0 Å². The molecular formula is C20H26N4O2S2. The lowest BCUT2D eigenvalue weighted by Gasteiger charge is -2.33. The molecule has 2 aliphatic rings. The van der Waals surface area contributed by atoms with E-state index in [0.717, 1.165) is 51.6 Å². The van der Waals surface area contributed by atoms with E-state index in [2.05, 4.69) is 26.4 Å².